The lowest BCUT2D eigenvalue weighted by atomic mass is 9.76. The molecule has 16 rings (SSSR count). The molecule has 494 valence electrons. The Balaban J connectivity index is 0.000000116. The molecule has 1 N–H and O–H groups in total. The Morgan fingerprint density at radius 1 is 0.448 bits per heavy atom. The standard InChI is InChI=1S/C21H23ClN2.C20H20ClN3O2.C20H21ClN2.C19H18BrClN2/c1-14-11-17-4-3-16-12-18(22)5-6-19(16)20(21(17)23-13-14)15-7-9-24(2)10-8-15;1-23-9-6-13(7-10-23)19-16-5-4-15(21)12-17(16)18(24(25)26)11-14-3-2-8-22-20(14)19;1-23-11-8-14(9-12-23)19-18-7-6-17(21)13-16(18)5-4-15-3-2-10-22-20(15)19;20-15-9-14-2-1-13-10-16(21)3-4-17(13)18(19(14)23-11-15)12-5-7-22-8-6-12/h3-6,11-13,15,20H,7-10H2,1-2H3;2-5,8,11-13,19H,6-7,9-10H2,1H3;2-7,10,13-14,19H,8-9,11-12H2,1H3;1-4,9-12,18,22H,5-8H2. The number of rotatable bonds is 5. The lowest BCUT2D eigenvalue weighted by molar-refractivity contribution is -0.374. The van der Waals surface area contributed by atoms with Crippen LogP contribution in [0.2, 0.25) is 20.1 Å². The molecule has 16 heteroatoms. The van der Waals surface area contributed by atoms with E-state index < -0.39 is 0 Å². The van der Waals surface area contributed by atoms with Gasteiger partial charge in [0.1, 0.15) is 0 Å². The molecule has 96 heavy (non-hydrogen) atoms. The van der Waals surface area contributed by atoms with Gasteiger partial charge in [-0.2, -0.15) is 0 Å². The summed E-state index contributed by atoms with van der Waals surface area (Å²) >= 11 is 28.5. The molecule has 8 aromatic rings. The zero-order chi connectivity index (χ0) is 66.6. The Kier molecular flexibility index (Phi) is 21.6. The number of halogens is 5. The number of pyridine rings is 4. The number of piperidine rings is 4. The first kappa shape index (κ1) is 67.9. The zero-order valence-electron chi connectivity index (χ0n) is 55.0. The van der Waals surface area contributed by atoms with Gasteiger partial charge in [0.2, 0.25) is 0 Å². The summed E-state index contributed by atoms with van der Waals surface area (Å²) < 4.78 is 1.02. The maximum Gasteiger partial charge on any atom is 0.277 e. The summed E-state index contributed by atoms with van der Waals surface area (Å²) in [7, 11) is 6.56. The molecule has 4 aliphatic heterocycles. The predicted octanol–water partition coefficient (Wildman–Crippen LogP) is 19.1. The van der Waals surface area contributed by atoms with Crippen molar-refractivity contribution in [2.75, 3.05) is 73.5 Å². The summed E-state index contributed by atoms with van der Waals surface area (Å²) in [6.45, 7) is 11.0. The van der Waals surface area contributed by atoms with Crippen LogP contribution in [0.1, 0.15) is 170 Å². The van der Waals surface area contributed by atoms with Crippen molar-refractivity contribution < 1.29 is 4.92 Å². The van der Waals surface area contributed by atoms with E-state index in [1.807, 2.05) is 67.1 Å². The average Bonchev–Trinajstić information content (AvgIpc) is 1.56. The number of aryl methyl sites for hydroxylation is 1. The second-order valence-electron chi connectivity index (χ2n) is 27.3. The number of hydrogen-bond acceptors (Lipinski definition) is 10. The fraction of sp³-hybridized carbons (Fsp3) is 0.350. The van der Waals surface area contributed by atoms with E-state index in [1.54, 1.807) is 18.3 Å². The van der Waals surface area contributed by atoms with Crippen LogP contribution in [0.4, 0.5) is 0 Å². The Labute approximate surface area is 594 Å². The minimum atomic E-state index is -0.316. The number of fused-ring (bicyclic) bond motifs is 8. The predicted molar refractivity (Wildman–Crippen MR) is 400 cm³/mol. The van der Waals surface area contributed by atoms with E-state index in [-0.39, 0.29) is 16.5 Å². The highest BCUT2D eigenvalue weighted by Gasteiger charge is 2.39. The molecule has 0 saturated carbocycles. The van der Waals surface area contributed by atoms with Crippen LogP contribution in [0.25, 0.3) is 48.2 Å². The summed E-state index contributed by atoms with van der Waals surface area (Å²) in [5, 5.41) is 18.2. The Bertz CT molecular complexity index is 4170. The number of aromatic nitrogens is 4. The normalized spacial score (nSPS) is 21.0. The molecule has 0 bridgehead atoms. The fourth-order valence-electron chi connectivity index (χ4n) is 16.1. The van der Waals surface area contributed by atoms with Crippen LogP contribution in [-0.4, -0.2) is 113 Å². The first-order valence-electron chi connectivity index (χ1n) is 34.0. The maximum atomic E-state index is 11.8. The van der Waals surface area contributed by atoms with E-state index >= 15 is 0 Å². The molecule has 4 unspecified atom stereocenters. The first-order valence-corrected chi connectivity index (χ1v) is 36.3. The number of benzene rings is 4. The van der Waals surface area contributed by atoms with Crippen molar-refractivity contribution >= 4 is 111 Å². The van der Waals surface area contributed by atoms with E-state index in [4.69, 9.17) is 61.4 Å². The number of nitrogens with one attached hydrogen (secondary N) is 1. The smallest absolute Gasteiger partial charge is 0.277 e. The van der Waals surface area contributed by atoms with E-state index in [1.165, 1.54) is 137 Å². The average molecular weight is 1420 g/mol. The van der Waals surface area contributed by atoms with Gasteiger partial charge < -0.3 is 20.0 Å². The third kappa shape index (κ3) is 15.3. The van der Waals surface area contributed by atoms with Crippen molar-refractivity contribution in [1.29, 1.82) is 0 Å². The van der Waals surface area contributed by atoms with Crippen molar-refractivity contribution in [1.82, 2.24) is 40.0 Å². The number of nitrogens with zero attached hydrogens (tertiary/aromatic N) is 8. The van der Waals surface area contributed by atoms with Crippen molar-refractivity contribution in [2.45, 2.75) is 82.0 Å². The molecule has 4 aromatic heterocycles. The molecule has 4 aromatic carbocycles. The Morgan fingerprint density at radius 2 is 0.823 bits per heavy atom. The summed E-state index contributed by atoms with van der Waals surface area (Å²) in [5.74, 6) is 3.39. The molecule has 0 amide bonds. The fourth-order valence-corrected chi connectivity index (χ4v) is 17.2. The van der Waals surface area contributed by atoms with Gasteiger partial charge in [-0.1, -0.05) is 119 Å². The Morgan fingerprint density at radius 3 is 1.30 bits per heavy atom. The lowest BCUT2D eigenvalue weighted by Crippen LogP contribution is -2.33. The van der Waals surface area contributed by atoms with Crippen LogP contribution in [0.3, 0.4) is 0 Å². The van der Waals surface area contributed by atoms with Gasteiger partial charge in [0.05, 0.1) is 33.3 Å². The van der Waals surface area contributed by atoms with Crippen LogP contribution in [0, 0.1) is 40.7 Å². The van der Waals surface area contributed by atoms with Gasteiger partial charge in [0, 0.05) is 84.7 Å². The maximum absolute atomic E-state index is 11.8. The van der Waals surface area contributed by atoms with Gasteiger partial charge in [-0.05, 0) is 305 Å². The number of likely N-dealkylation sites (tertiary alicyclic amines) is 3. The molecule has 4 aliphatic carbocycles. The van der Waals surface area contributed by atoms with Gasteiger partial charge in [-0.15, -0.1) is 0 Å². The highest BCUT2D eigenvalue weighted by Crippen LogP contribution is 2.48. The van der Waals surface area contributed by atoms with Crippen LogP contribution in [0.5, 0.6) is 0 Å². The van der Waals surface area contributed by atoms with Crippen molar-refractivity contribution in [3.05, 3.63) is 264 Å². The molecule has 4 atom stereocenters. The minimum Gasteiger partial charge on any atom is -0.317 e. The third-order valence-electron chi connectivity index (χ3n) is 21.1. The lowest BCUT2D eigenvalue weighted by Gasteiger charge is -2.35. The summed E-state index contributed by atoms with van der Waals surface area (Å²) in [5.41, 5.74) is 19.8. The second-order valence-corrected chi connectivity index (χ2v) is 30.0. The number of nitro groups is 1. The number of hydrogen-bond donors (Lipinski definition) is 1. The van der Waals surface area contributed by atoms with Crippen molar-refractivity contribution in [3.8, 4) is 0 Å². The van der Waals surface area contributed by atoms with E-state index in [0.29, 0.717) is 52.0 Å². The van der Waals surface area contributed by atoms with Gasteiger partial charge in [0.15, 0.2) is 0 Å². The van der Waals surface area contributed by atoms with E-state index in [2.05, 4.69) is 160 Å². The van der Waals surface area contributed by atoms with Crippen LogP contribution >= 0.6 is 62.3 Å². The largest absolute Gasteiger partial charge is 0.317 e. The summed E-state index contributed by atoms with van der Waals surface area (Å²) in [4.78, 5) is 37.8. The van der Waals surface area contributed by atoms with E-state index in [9.17, 15) is 10.1 Å². The van der Waals surface area contributed by atoms with Crippen LogP contribution in [0.15, 0.2) is 138 Å². The molecular weight excluding hydrogens is 1340 g/mol. The zero-order valence-corrected chi connectivity index (χ0v) is 59.6. The van der Waals surface area contributed by atoms with Gasteiger partial charge in [-0.3, -0.25) is 30.1 Å². The van der Waals surface area contributed by atoms with Crippen molar-refractivity contribution in [2.24, 2.45) is 23.7 Å². The Hall–Kier alpha value is -6.68. The summed E-state index contributed by atoms with van der Waals surface area (Å²) in [6.07, 6.45) is 31.8. The SMILES string of the molecule is CN1CCC(C2c3ccc(Cl)cc3C([N+](=O)[O-])=Cc3cccnc32)CC1.CN1CCC(C2c3ccc(Cl)cc3C=Cc3cccnc32)CC1.Cc1cnc2c(c1)C=Cc1cc(Cl)ccc1C2C1CCN(C)CC1.Clc1ccc2c(c1)C=Cc1cc(Br)cnc1C2C1CCNCC1. The third-order valence-corrected chi connectivity index (χ3v) is 22.5. The van der Waals surface area contributed by atoms with Crippen LogP contribution in [-0.2, 0) is 0 Å². The highest BCUT2D eigenvalue weighted by atomic mass is 79.9. The van der Waals surface area contributed by atoms with Gasteiger partial charge in [-0.25, -0.2) is 0 Å². The molecule has 8 aliphatic rings. The monoisotopic (exact) mass is 1420 g/mol. The molecule has 8 heterocycles. The van der Waals surface area contributed by atoms with Gasteiger partial charge >= 0.3 is 0 Å². The van der Waals surface area contributed by atoms with E-state index in [0.717, 1.165) is 75.4 Å². The second kappa shape index (κ2) is 30.6. The molecule has 4 fully saturated rings. The first-order chi connectivity index (χ1) is 46.6. The molecule has 4 saturated heterocycles. The summed E-state index contributed by atoms with van der Waals surface area (Å²) in [6, 6.07) is 36.8. The van der Waals surface area contributed by atoms with Crippen molar-refractivity contribution in [3.63, 3.8) is 0 Å². The minimum absolute atomic E-state index is 0.0425. The quantitative estimate of drug-likeness (QED) is 0.132. The molecule has 0 spiro atoms. The molecule has 0 radical (unpaired) electrons. The molecular formula is C80H82BrCl4N9O2. The topological polar surface area (TPSA) is 116 Å². The molecule has 11 nitrogen and oxygen atoms in total. The highest BCUT2D eigenvalue weighted by molar-refractivity contribution is 9.10. The van der Waals surface area contributed by atoms with Crippen LogP contribution < -0.4 is 5.32 Å². The van der Waals surface area contributed by atoms with Gasteiger partial charge in [0.25, 0.3) is 5.70 Å².